The smallest absolute Gasteiger partial charge is 0.355 e. The minimum Gasteiger partial charge on any atom is -0.355 e. The molecular weight excluding hydrogens is 397 g/mol. The molecule has 1 unspecified atom stereocenters. The van der Waals surface area contributed by atoms with Crippen LogP contribution >= 0.6 is 0 Å². The molecule has 1 aliphatic heterocycles. The molecule has 1 fully saturated rings. The molecular formula is C21H23F3N4O2. The van der Waals surface area contributed by atoms with Gasteiger partial charge in [-0.25, -0.2) is 4.98 Å². The minimum atomic E-state index is -4.52. The molecule has 1 atom stereocenters. The van der Waals surface area contributed by atoms with Crippen LogP contribution in [0.15, 0.2) is 48.7 Å². The van der Waals surface area contributed by atoms with Gasteiger partial charge in [0.2, 0.25) is 11.8 Å². The molecule has 2 aromatic rings. The van der Waals surface area contributed by atoms with Gasteiger partial charge < -0.3 is 15.5 Å². The lowest BCUT2D eigenvalue weighted by Crippen LogP contribution is -2.46. The Morgan fingerprint density at radius 1 is 1.10 bits per heavy atom. The maximum atomic E-state index is 13.3. The van der Waals surface area contributed by atoms with Gasteiger partial charge in [-0.2, -0.15) is 13.2 Å². The largest absolute Gasteiger partial charge is 0.419 e. The molecule has 1 aliphatic rings. The molecule has 6 nitrogen and oxygen atoms in total. The summed E-state index contributed by atoms with van der Waals surface area (Å²) in [5.74, 6) is -1.35. The van der Waals surface area contributed by atoms with Crippen LogP contribution in [0.4, 0.5) is 19.0 Å². The number of nitrogens with one attached hydrogen (secondary N) is 2. The van der Waals surface area contributed by atoms with Crippen molar-refractivity contribution >= 4 is 17.6 Å². The number of hydrogen-bond acceptors (Lipinski definition) is 4. The van der Waals surface area contributed by atoms with Crippen molar-refractivity contribution < 1.29 is 22.8 Å². The Labute approximate surface area is 172 Å². The highest BCUT2D eigenvalue weighted by Crippen LogP contribution is 2.36. The third kappa shape index (κ3) is 5.71. The molecule has 30 heavy (non-hydrogen) atoms. The lowest BCUT2D eigenvalue weighted by atomic mass is 9.96. The number of anilines is 1. The molecule has 0 aliphatic carbocycles. The van der Waals surface area contributed by atoms with Gasteiger partial charge in [-0.1, -0.05) is 30.3 Å². The molecule has 0 bridgehead atoms. The highest BCUT2D eigenvalue weighted by molar-refractivity contribution is 5.86. The van der Waals surface area contributed by atoms with Crippen LogP contribution in [0.25, 0.3) is 0 Å². The summed E-state index contributed by atoms with van der Waals surface area (Å²) in [5.41, 5.74) is 0.127. The van der Waals surface area contributed by atoms with Crippen LogP contribution in [-0.4, -0.2) is 36.4 Å². The van der Waals surface area contributed by atoms with Crippen molar-refractivity contribution in [3.05, 3.63) is 59.8 Å². The van der Waals surface area contributed by atoms with Gasteiger partial charge >= 0.3 is 6.18 Å². The molecule has 1 saturated heterocycles. The number of rotatable bonds is 6. The summed E-state index contributed by atoms with van der Waals surface area (Å²) < 4.78 is 39.8. The summed E-state index contributed by atoms with van der Waals surface area (Å²) >= 11 is 0. The lowest BCUT2D eigenvalue weighted by molar-refractivity contribution is -0.137. The first kappa shape index (κ1) is 21.6. The van der Waals surface area contributed by atoms with Gasteiger partial charge in [0, 0.05) is 25.8 Å². The number of benzene rings is 1. The Bertz CT molecular complexity index is 874. The summed E-state index contributed by atoms with van der Waals surface area (Å²) in [5, 5.41) is 5.30. The van der Waals surface area contributed by atoms with E-state index in [1.165, 1.54) is 17.2 Å². The van der Waals surface area contributed by atoms with Crippen LogP contribution in [0, 0.1) is 5.92 Å². The average molecular weight is 420 g/mol. The molecule has 0 saturated carbocycles. The number of aromatic nitrogens is 1. The maximum absolute atomic E-state index is 13.3. The summed E-state index contributed by atoms with van der Waals surface area (Å²) in [7, 11) is 0. The van der Waals surface area contributed by atoms with E-state index in [1.54, 1.807) is 0 Å². The molecule has 9 heteroatoms. The maximum Gasteiger partial charge on any atom is 0.419 e. The Hall–Kier alpha value is -3.10. The monoisotopic (exact) mass is 420 g/mol. The van der Waals surface area contributed by atoms with Crippen molar-refractivity contribution in [1.29, 1.82) is 0 Å². The van der Waals surface area contributed by atoms with E-state index < -0.39 is 17.7 Å². The fraction of sp³-hybridized carbons (Fsp3) is 0.381. The van der Waals surface area contributed by atoms with E-state index in [1.807, 2.05) is 30.3 Å². The molecule has 1 aromatic heterocycles. The van der Waals surface area contributed by atoms with Crippen molar-refractivity contribution in [1.82, 2.24) is 15.6 Å². The van der Waals surface area contributed by atoms with E-state index in [0.717, 1.165) is 11.6 Å². The fourth-order valence-corrected chi connectivity index (χ4v) is 3.42. The van der Waals surface area contributed by atoms with Crippen LogP contribution in [0.3, 0.4) is 0 Å². The zero-order valence-electron chi connectivity index (χ0n) is 16.3. The van der Waals surface area contributed by atoms with E-state index >= 15 is 0 Å². The van der Waals surface area contributed by atoms with Gasteiger partial charge in [-0.15, -0.1) is 0 Å². The molecule has 2 N–H and O–H groups in total. The Balaban J connectivity index is 1.53. The van der Waals surface area contributed by atoms with E-state index in [0.29, 0.717) is 25.9 Å². The normalized spacial score (nSPS) is 16.8. The minimum absolute atomic E-state index is 0.123. The summed E-state index contributed by atoms with van der Waals surface area (Å²) in [6.45, 7) is 0.686. The molecule has 0 radical (unpaired) electrons. The first-order valence-corrected chi connectivity index (χ1v) is 9.70. The molecule has 160 valence electrons. The van der Waals surface area contributed by atoms with E-state index in [9.17, 15) is 22.8 Å². The number of carbonyl (C=O) groups excluding carboxylic acids is 2. The summed E-state index contributed by atoms with van der Waals surface area (Å²) in [6, 6.07) is 11.6. The van der Waals surface area contributed by atoms with Crippen molar-refractivity contribution in [2.75, 3.05) is 24.5 Å². The fourth-order valence-electron chi connectivity index (χ4n) is 3.42. The quantitative estimate of drug-likeness (QED) is 0.754. The van der Waals surface area contributed by atoms with Gasteiger partial charge in [-0.3, -0.25) is 9.59 Å². The Kier molecular flexibility index (Phi) is 6.91. The van der Waals surface area contributed by atoms with Gasteiger partial charge in [0.05, 0.1) is 18.0 Å². The van der Waals surface area contributed by atoms with Crippen LogP contribution in [-0.2, 0) is 22.3 Å². The standard InChI is InChI=1S/C21H23F3N4O2/c22-21(23,24)17-9-4-10-25-19(17)28-11-5-8-16(14-28)20(30)27-13-18(29)26-12-15-6-2-1-3-7-15/h1-4,6-7,9-10,16H,5,8,11-14H2,(H,26,29)(H,27,30). The second-order valence-electron chi connectivity index (χ2n) is 7.14. The average Bonchev–Trinajstić information content (AvgIpc) is 2.76. The number of pyridine rings is 1. The predicted molar refractivity (Wildman–Crippen MR) is 105 cm³/mol. The molecule has 2 heterocycles. The number of piperidine rings is 1. The lowest BCUT2D eigenvalue weighted by Gasteiger charge is -2.34. The molecule has 0 spiro atoms. The first-order valence-electron chi connectivity index (χ1n) is 9.70. The topological polar surface area (TPSA) is 74.3 Å². The number of halogens is 3. The number of nitrogens with zero attached hydrogens (tertiary/aromatic N) is 2. The van der Waals surface area contributed by atoms with Crippen LogP contribution in [0.2, 0.25) is 0 Å². The SMILES string of the molecule is O=C(CNC(=O)C1CCCN(c2ncccc2C(F)(F)F)C1)NCc1ccccc1. The second-order valence-corrected chi connectivity index (χ2v) is 7.14. The Morgan fingerprint density at radius 3 is 2.60 bits per heavy atom. The van der Waals surface area contributed by atoms with Crippen LogP contribution < -0.4 is 15.5 Å². The van der Waals surface area contributed by atoms with Gasteiger partial charge in [0.25, 0.3) is 0 Å². The molecule has 2 amide bonds. The highest BCUT2D eigenvalue weighted by Gasteiger charge is 2.37. The number of hydrogen-bond donors (Lipinski definition) is 2. The van der Waals surface area contributed by atoms with Crippen molar-refractivity contribution in [2.45, 2.75) is 25.6 Å². The van der Waals surface area contributed by atoms with Gasteiger partial charge in [0.1, 0.15) is 5.82 Å². The summed E-state index contributed by atoms with van der Waals surface area (Å²) in [6.07, 6.45) is -2.10. The van der Waals surface area contributed by atoms with Crippen molar-refractivity contribution in [3.63, 3.8) is 0 Å². The molecule has 3 rings (SSSR count). The first-order chi connectivity index (χ1) is 14.3. The van der Waals surface area contributed by atoms with Gasteiger partial charge in [0.15, 0.2) is 0 Å². The van der Waals surface area contributed by atoms with E-state index in [4.69, 9.17) is 0 Å². The van der Waals surface area contributed by atoms with E-state index in [2.05, 4.69) is 15.6 Å². The van der Waals surface area contributed by atoms with Crippen LogP contribution in [0.5, 0.6) is 0 Å². The predicted octanol–water partition coefficient (Wildman–Crippen LogP) is 2.75. The Morgan fingerprint density at radius 2 is 1.87 bits per heavy atom. The molecule has 1 aromatic carbocycles. The number of alkyl halides is 3. The zero-order valence-corrected chi connectivity index (χ0v) is 16.3. The van der Waals surface area contributed by atoms with Crippen molar-refractivity contribution in [3.8, 4) is 0 Å². The summed E-state index contributed by atoms with van der Waals surface area (Å²) in [4.78, 5) is 29.8. The third-order valence-corrected chi connectivity index (χ3v) is 4.94. The zero-order chi connectivity index (χ0) is 21.6. The van der Waals surface area contributed by atoms with Crippen molar-refractivity contribution in [2.24, 2.45) is 5.92 Å². The van der Waals surface area contributed by atoms with E-state index in [-0.39, 0.29) is 30.7 Å². The highest BCUT2D eigenvalue weighted by atomic mass is 19.4. The van der Waals surface area contributed by atoms with Crippen LogP contribution in [0.1, 0.15) is 24.0 Å². The van der Waals surface area contributed by atoms with Gasteiger partial charge in [-0.05, 0) is 30.5 Å². The second kappa shape index (κ2) is 9.60. The number of amides is 2. The number of carbonyl (C=O) groups is 2. The third-order valence-electron chi connectivity index (χ3n) is 4.94.